The number of benzene rings is 2. The Morgan fingerprint density at radius 1 is 1.21 bits per heavy atom. The maximum Gasteiger partial charge on any atom is 0.191 e. The van der Waals surface area contributed by atoms with E-state index >= 15 is 0 Å². The van der Waals surface area contributed by atoms with Gasteiger partial charge in [-0.1, -0.05) is 59.3 Å². The lowest BCUT2D eigenvalue weighted by atomic mass is 10.2. The molecule has 146 valence electrons. The van der Waals surface area contributed by atoms with Gasteiger partial charge in [0, 0.05) is 17.3 Å². The van der Waals surface area contributed by atoms with Gasteiger partial charge in [0.15, 0.2) is 17.1 Å². The molecule has 6 heteroatoms. The van der Waals surface area contributed by atoms with Crippen molar-refractivity contribution in [1.29, 1.82) is 0 Å². The summed E-state index contributed by atoms with van der Waals surface area (Å²) < 4.78 is 8.20. The van der Waals surface area contributed by atoms with E-state index < -0.39 is 0 Å². The Balaban J connectivity index is 1.78. The van der Waals surface area contributed by atoms with Gasteiger partial charge in [0.1, 0.15) is 5.75 Å². The number of aryl methyl sites for hydroxylation is 2. The quantitative estimate of drug-likeness (QED) is 0.327. The molecule has 1 aromatic heterocycles. The van der Waals surface area contributed by atoms with E-state index in [9.17, 15) is 0 Å². The van der Waals surface area contributed by atoms with Gasteiger partial charge in [-0.05, 0) is 50.1 Å². The number of thioether (sulfide) groups is 1. The first-order valence-electron chi connectivity index (χ1n) is 9.13. The van der Waals surface area contributed by atoms with E-state index in [0.29, 0.717) is 11.6 Å². The first kappa shape index (κ1) is 20.5. The lowest BCUT2D eigenvalue weighted by molar-refractivity contribution is 0.209. The third-order valence-corrected chi connectivity index (χ3v) is 5.58. The number of aromatic nitrogens is 3. The molecule has 0 amide bonds. The third kappa shape index (κ3) is 4.97. The normalized spacial score (nSPS) is 12.0. The average molecular weight is 414 g/mol. The van der Waals surface area contributed by atoms with E-state index in [1.54, 1.807) is 11.8 Å². The first-order chi connectivity index (χ1) is 13.5. The van der Waals surface area contributed by atoms with E-state index in [0.717, 1.165) is 28.0 Å². The Morgan fingerprint density at radius 2 is 2.04 bits per heavy atom. The van der Waals surface area contributed by atoms with Crippen molar-refractivity contribution in [2.75, 3.05) is 0 Å². The van der Waals surface area contributed by atoms with Crippen molar-refractivity contribution in [3.63, 3.8) is 0 Å². The highest BCUT2D eigenvalue weighted by molar-refractivity contribution is 7.98. The third-order valence-electron chi connectivity index (χ3n) is 4.31. The molecule has 1 atom stereocenters. The van der Waals surface area contributed by atoms with Crippen molar-refractivity contribution >= 4 is 23.4 Å². The van der Waals surface area contributed by atoms with Crippen LogP contribution >= 0.6 is 23.4 Å². The predicted molar refractivity (Wildman–Crippen MR) is 116 cm³/mol. The smallest absolute Gasteiger partial charge is 0.191 e. The molecular weight excluding hydrogens is 390 g/mol. The molecule has 0 saturated carbocycles. The fourth-order valence-electron chi connectivity index (χ4n) is 2.95. The summed E-state index contributed by atoms with van der Waals surface area (Å²) in [7, 11) is 0. The number of hydrogen-bond donors (Lipinski definition) is 0. The molecule has 0 fully saturated rings. The van der Waals surface area contributed by atoms with Gasteiger partial charge in [0.05, 0.1) is 0 Å². The van der Waals surface area contributed by atoms with Crippen molar-refractivity contribution in [3.8, 4) is 5.75 Å². The summed E-state index contributed by atoms with van der Waals surface area (Å²) in [6.07, 6.45) is 1.60. The molecule has 0 aliphatic carbocycles. The van der Waals surface area contributed by atoms with Crippen LogP contribution in [0.2, 0.25) is 5.02 Å². The van der Waals surface area contributed by atoms with Crippen molar-refractivity contribution in [2.45, 2.75) is 44.3 Å². The van der Waals surface area contributed by atoms with E-state index in [1.165, 1.54) is 11.1 Å². The van der Waals surface area contributed by atoms with E-state index in [2.05, 4.69) is 52.5 Å². The second kappa shape index (κ2) is 9.30. The topological polar surface area (TPSA) is 39.9 Å². The van der Waals surface area contributed by atoms with Gasteiger partial charge in [-0.25, -0.2) is 0 Å². The Morgan fingerprint density at radius 3 is 2.75 bits per heavy atom. The van der Waals surface area contributed by atoms with Crippen molar-refractivity contribution in [3.05, 3.63) is 82.7 Å². The standard InChI is InChI=1S/C22H24ClN3OS/c1-5-11-26-21(17(4)27-20-10-9-19(23)13-16(20)3)24-25-22(26)28-14-18-8-6-7-15(2)12-18/h5-10,12-13,17H,1,11,14H2,2-4H3. The highest BCUT2D eigenvalue weighted by atomic mass is 35.5. The molecule has 0 aliphatic rings. The van der Waals surface area contributed by atoms with E-state index in [1.807, 2.05) is 38.1 Å². The Hall–Kier alpha value is -2.24. The van der Waals surface area contributed by atoms with Crippen LogP contribution in [-0.4, -0.2) is 14.8 Å². The zero-order valence-electron chi connectivity index (χ0n) is 16.4. The fourth-order valence-corrected chi connectivity index (χ4v) is 4.07. The molecule has 3 aromatic rings. The second-order valence-corrected chi connectivity index (χ2v) is 8.07. The van der Waals surface area contributed by atoms with Gasteiger partial charge in [-0.15, -0.1) is 16.8 Å². The summed E-state index contributed by atoms with van der Waals surface area (Å²) in [4.78, 5) is 0. The van der Waals surface area contributed by atoms with Crippen LogP contribution in [0.25, 0.3) is 0 Å². The maximum absolute atomic E-state index is 6.14. The summed E-state index contributed by atoms with van der Waals surface area (Å²) in [5, 5.41) is 10.4. The van der Waals surface area contributed by atoms with Crippen LogP contribution in [0.5, 0.6) is 5.75 Å². The lowest BCUT2D eigenvalue weighted by Crippen LogP contribution is -2.12. The minimum atomic E-state index is -0.249. The van der Waals surface area contributed by atoms with Gasteiger partial charge >= 0.3 is 0 Å². The zero-order valence-corrected chi connectivity index (χ0v) is 17.9. The van der Waals surface area contributed by atoms with Crippen LogP contribution in [0.3, 0.4) is 0 Å². The monoisotopic (exact) mass is 413 g/mol. The minimum Gasteiger partial charge on any atom is -0.482 e. The van der Waals surface area contributed by atoms with Crippen LogP contribution < -0.4 is 4.74 Å². The largest absolute Gasteiger partial charge is 0.482 e. The molecule has 0 saturated heterocycles. The fraction of sp³-hybridized carbons (Fsp3) is 0.273. The van der Waals surface area contributed by atoms with Gasteiger partial charge in [0.2, 0.25) is 0 Å². The van der Waals surface area contributed by atoms with Crippen LogP contribution in [-0.2, 0) is 12.3 Å². The van der Waals surface area contributed by atoms with Crippen LogP contribution in [0.1, 0.15) is 35.5 Å². The molecule has 0 bridgehead atoms. The average Bonchev–Trinajstić information content (AvgIpc) is 3.05. The lowest BCUT2D eigenvalue weighted by Gasteiger charge is -2.17. The molecule has 1 unspecified atom stereocenters. The van der Waals surface area contributed by atoms with Gasteiger partial charge in [-0.2, -0.15) is 0 Å². The predicted octanol–water partition coefficient (Wildman–Crippen LogP) is 6.17. The number of nitrogens with zero attached hydrogens (tertiary/aromatic N) is 3. The maximum atomic E-state index is 6.14. The highest BCUT2D eigenvalue weighted by Gasteiger charge is 2.19. The van der Waals surface area contributed by atoms with Crippen LogP contribution in [0.15, 0.2) is 60.3 Å². The van der Waals surface area contributed by atoms with Crippen molar-refractivity contribution in [1.82, 2.24) is 14.8 Å². The Bertz CT molecular complexity index is 970. The molecule has 0 radical (unpaired) electrons. The van der Waals surface area contributed by atoms with E-state index in [-0.39, 0.29) is 6.10 Å². The summed E-state index contributed by atoms with van der Waals surface area (Å²) in [6.45, 7) is 10.6. The van der Waals surface area contributed by atoms with E-state index in [4.69, 9.17) is 16.3 Å². The summed E-state index contributed by atoms with van der Waals surface area (Å²) in [5.41, 5.74) is 3.51. The summed E-state index contributed by atoms with van der Waals surface area (Å²) in [5.74, 6) is 2.41. The Kier molecular flexibility index (Phi) is 6.81. The number of allylic oxidation sites excluding steroid dienone is 1. The SMILES string of the molecule is C=CCn1c(SCc2cccc(C)c2)nnc1C(C)Oc1ccc(Cl)cc1C. The van der Waals surface area contributed by atoms with Crippen molar-refractivity contribution < 1.29 is 4.74 Å². The summed E-state index contributed by atoms with van der Waals surface area (Å²) >= 11 is 7.71. The number of ether oxygens (including phenoxy) is 1. The number of rotatable bonds is 8. The first-order valence-corrected chi connectivity index (χ1v) is 10.5. The zero-order chi connectivity index (χ0) is 20.1. The molecular formula is C22H24ClN3OS. The molecule has 0 spiro atoms. The van der Waals surface area contributed by atoms with Crippen LogP contribution in [0.4, 0.5) is 0 Å². The minimum absolute atomic E-state index is 0.249. The molecule has 0 aliphatic heterocycles. The number of halogens is 1. The Labute approximate surface area is 175 Å². The molecule has 4 nitrogen and oxygen atoms in total. The van der Waals surface area contributed by atoms with Gasteiger partial charge in [0.25, 0.3) is 0 Å². The molecule has 28 heavy (non-hydrogen) atoms. The van der Waals surface area contributed by atoms with Crippen molar-refractivity contribution in [2.24, 2.45) is 0 Å². The molecule has 1 heterocycles. The van der Waals surface area contributed by atoms with Gasteiger partial charge in [-0.3, -0.25) is 4.57 Å². The van der Waals surface area contributed by atoms with Gasteiger partial charge < -0.3 is 4.74 Å². The van der Waals surface area contributed by atoms with Crippen LogP contribution in [0, 0.1) is 13.8 Å². The highest BCUT2D eigenvalue weighted by Crippen LogP contribution is 2.29. The second-order valence-electron chi connectivity index (χ2n) is 6.69. The summed E-state index contributed by atoms with van der Waals surface area (Å²) in [6, 6.07) is 14.1. The molecule has 0 N–H and O–H groups in total. The molecule has 3 rings (SSSR count). The number of hydrogen-bond acceptors (Lipinski definition) is 4. The molecule has 2 aromatic carbocycles.